The summed E-state index contributed by atoms with van der Waals surface area (Å²) in [6, 6.07) is 0. The van der Waals surface area contributed by atoms with Crippen molar-refractivity contribution in [1.29, 1.82) is 0 Å². The van der Waals surface area contributed by atoms with E-state index < -0.39 is 23.3 Å². The minimum Gasteiger partial charge on any atom is -0.444 e. The van der Waals surface area contributed by atoms with E-state index in [0.29, 0.717) is 5.92 Å². The molecule has 0 spiro atoms. The van der Waals surface area contributed by atoms with Crippen LogP contribution >= 0.6 is 0 Å². The lowest BCUT2D eigenvalue weighted by Crippen LogP contribution is -2.60. The Kier molecular flexibility index (Phi) is 2.93. The van der Waals surface area contributed by atoms with Crippen molar-refractivity contribution in [3.63, 3.8) is 0 Å². The number of hydrogen-bond donors (Lipinski definition) is 2. The highest BCUT2D eigenvalue weighted by Gasteiger charge is 2.64. The number of carbonyl (C=O) groups is 1. The number of carbonyl (C=O) groups excluding carboxylic acids is 1. The lowest BCUT2D eigenvalue weighted by molar-refractivity contribution is 0.00882. The Labute approximate surface area is 109 Å². The van der Waals surface area contributed by atoms with E-state index in [1.807, 2.05) is 20.8 Å². The second-order valence-corrected chi connectivity index (χ2v) is 7.31. The summed E-state index contributed by atoms with van der Waals surface area (Å²) in [4.78, 5) is 12.0. The molecule has 0 saturated heterocycles. The number of aliphatic hydroxyl groups excluding tert-OH is 1. The van der Waals surface area contributed by atoms with Gasteiger partial charge in [-0.25, -0.2) is 4.79 Å². The quantitative estimate of drug-likeness (QED) is 0.756. The van der Waals surface area contributed by atoms with Crippen LogP contribution in [-0.4, -0.2) is 28.4 Å². The highest BCUT2D eigenvalue weighted by atomic mass is 16.6. The Morgan fingerprint density at radius 1 is 1.39 bits per heavy atom. The summed E-state index contributed by atoms with van der Waals surface area (Å²) in [5.41, 5.74) is -1.09. The van der Waals surface area contributed by atoms with Gasteiger partial charge in [0.2, 0.25) is 0 Å². The summed E-state index contributed by atoms with van der Waals surface area (Å²) < 4.78 is 5.33. The number of fused-ring (bicyclic) bond motifs is 2. The third-order valence-electron chi connectivity index (χ3n) is 4.86. The molecule has 0 aromatic rings. The first-order valence-corrected chi connectivity index (χ1v) is 6.78. The minimum atomic E-state index is -0.514. The zero-order valence-corrected chi connectivity index (χ0v) is 12.0. The van der Waals surface area contributed by atoms with Crippen molar-refractivity contribution < 1.29 is 14.6 Å². The van der Waals surface area contributed by atoms with E-state index in [-0.39, 0.29) is 5.41 Å². The number of alkyl carbamates (subject to hydrolysis) is 1. The SMILES string of the molecule is CC(C)(C)OC(=O)N[C@]12CC[C@@H](C[C@@H]1O)C2(C)C. The molecule has 18 heavy (non-hydrogen) atoms. The highest BCUT2D eigenvalue weighted by Crippen LogP contribution is 2.60. The maximum atomic E-state index is 12.0. The third-order valence-corrected chi connectivity index (χ3v) is 4.86. The summed E-state index contributed by atoms with van der Waals surface area (Å²) in [6.45, 7) is 9.81. The van der Waals surface area contributed by atoms with E-state index in [4.69, 9.17) is 4.74 Å². The summed E-state index contributed by atoms with van der Waals surface area (Å²) >= 11 is 0. The fourth-order valence-corrected chi connectivity index (χ4v) is 3.72. The summed E-state index contributed by atoms with van der Waals surface area (Å²) in [6.07, 6.45) is 1.81. The third kappa shape index (κ3) is 1.91. The Morgan fingerprint density at radius 3 is 2.39 bits per heavy atom. The fraction of sp³-hybridized carbons (Fsp3) is 0.929. The Hall–Kier alpha value is -0.770. The number of ether oxygens (including phenoxy) is 1. The first kappa shape index (κ1) is 13.7. The van der Waals surface area contributed by atoms with Gasteiger partial charge in [-0.15, -0.1) is 0 Å². The average molecular weight is 255 g/mol. The van der Waals surface area contributed by atoms with Crippen LogP contribution in [0.3, 0.4) is 0 Å². The number of nitrogens with one attached hydrogen (secondary N) is 1. The number of rotatable bonds is 1. The molecule has 2 aliphatic carbocycles. The van der Waals surface area contributed by atoms with Gasteiger partial charge in [0.1, 0.15) is 5.60 Å². The maximum absolute atomic E-state index is 12.0. The molecule has 0 aromatic carbocycles. The van der Waals surface area contributed by atoms with Gasteiger partial charge in [-0.3, -0.25) is 0 Å². The van der Waals surface area contributed by atoms with E-state index in [9.17, 15) is 9.90 Å². The van der Waals surface area contributed by atoms with Crippen LogP contribution in [-0.2, 0) is 4.74 Å². The van der Waals surface area contributed by atoms with Crippen molar-refractivity contribution in [1.82, 2.24) is 5.32 Å². The maximum Gasteiger partial charge on any atom is 0.408 e. The zero-order chi connectivity index (χ0) is 13.8. The molecule has 2 bridgehead atoms. The van der Waals surface area contributed by atoms with Gasteiger partial charge in [0.15, 0.2) is 0 Å². The highest BCUT2D eigenvalue weighted by molar-refractivity contribution is 5.69. The summed E-state index contributed by atoms with van der Waals surface area (Å²) in [7, 11) is 0. The van der Waals surface area contributed by atoms with Gasteiger partial charge in [0.05, 0.1) is 11.6 Å². The molecule has 104 valence electrons. The Morgan fingerprint density at radius 2 is 2.00 bits per heavy atom. The lowest BCUT2D eigenvalue weighted by Gasteiger charge is -2.41. The molecule has 2 fully saturated rings. The first-order chi connectivity index (χ1) is 8.08. The van der Waals surface area contributed by atoms with Crippen LogP contribution in [0, 0.1) is 11.3 Å². The minimum absolute atomic E-state index is 0.0661. The van der Waals surface area contributed by atoms with Crippen LogP contribution in [0.1, 0.15) is 53.9 Å². The molecule has 2 aliphatic rings. The van der Waals surface area contributed by atoms with Gasteiger partial charge in [-0.2, -0.15) is 0 Å². The van der Waals surface area contributed by atoms with Gasteiger partial charge in [-0.05, 0) is 51.4 Å². The van der Waals surface area contributed by atoms with Crippen molar-refractivity contribution in [3.8, 4) is 0 Å². The molecule has 0 heterocycles. The largest absolute Gasteiger partial charge is 0.444 e. The molecule has 3 atom stereocenters. The van der Waals surface area contributed by atoms with Crippen molar-refractivity contribution in [2.75, 3.05) is 0 Å². The van der Waals surface area contributed by atoms with Crippen molar-refractivity contribution >= 4 is 6.09 Å². The molecule has 4 nitrogen and oxygen atoms in total. The van der Waals surface area contributed by atoms with Crippen LogP contribution in [0.25, 0.3) is 0 Å². The number of hydrogen-bond acceptors (Lipinski definition) is 3. The van der Waals surface area contributed by atoms with E-state index >= 15 is 0 Å². The summed E-state index contributed by atoms with van der Waals surface area (Å²) in [5.74, 6) is 0.488. The average Bonchev–Trinajstić information content (AvgIpc) is 2.47. The Bertz CT molecular complexity index is 359. The molecule has 2 saturated carbocycles. The first-order valence-electron chi connectivity index (χ1n) is 6.78. The van der Waals surface area contributed by atoms with Gasteiger partial charge in [0.25, 0.3) is 0 Å². The molecule has 0 aliphatic heterocycles. The van der Waals surface area contributed by atoms with Crippen LogP contribution in [0.2, 0.25) is 0 Å². The van der Waals surface area contributed by atoms with E-state index in [1.165, 1.54) is 0 Å². The second kappa shape index (κ2) is 3.86. The zero-order valence-electron chi connectivity index (χ0n) is 12.0. The van der Waals surface area contributed by atoms with Crippen molar-refractivity contribution in [2.45, 2.75) is 71.1 Å². The standard InChI is InChI=1S/C14H25NO3/c1-12(2,3)18-11(17)15-14-7-6-9(8-10(14)16)13(14,4)5/h9-10,16H,6-8H2,1-5H3,(H,15,17)/t9-,10-,14+/m0/s1. The fourth-order valence-electron chi connectivity index (χ4n) is 3.72. The normalized spacial score (nSPS) is 37.7. The van der Waals surface area contributed by atoms with Gasteiger partial charge in [0, 0.05) is 0 Å². The smallest absolute Gasteiger partial charge is 0.408 e. The van der Waals surface area contributed by atoms with E-state index in [2.05, 4.69) is 19.2 Å². The monoisotopic (exact) mass is 255 g/mol. The van der Waals surface area contributed by atoms with Crippen LogP contribution in [0.15, 0.2) is 0 Å². The molecule has 0 aromatic heterocycles. The molecule has 1 amide bonds. The predicted molar refractivity (Wildman–Crippen MR) is 69.2 cm³/mol. The van der Waals surface area contributed by atoms with Crippen LogP contribution in [0.5, 0.6) is 0 Å². The van der Waals surface area contributed by atoms with Crippen LogP contribution in [0.4, 0.5) is 4.79 Å². The van der Waals surface area contributed by atoms with Gasteiger partial charge >= 0.3 is 6.09 Å². The number of aliphatic hydroxyl groups is 1. The lowest BCUT2D eigenvalue weighted by atomic mass is 9.75. The van der Waals surface area contributed by atoms with E-state index in [0.717, 1.165) is 19.3 Å². The molecular weight excluding hydrogens is 230 g/mol. The molecule has 0 radical (unpaired) electrons. The molecule has 4 heteroatoms. The van der Waals surface area contributed by atoms with Gasteiger partial charge in [-0.1, -0.05) is 13.8 Å². The summed E-state index contributed by atoms with van der Waals surface area (Å²) in [5, 5.41) is 13.3. The molecule has 2 N–H and O–H groups in total. The molecular formula is C14H25NO3. The second-order valence-electron chi connectivity index (χ2n) is 7.31. The molecule has 0 unspecified atom stereocenters. The van der Waals surface area contributed by atoms with Gasteiger partial charge < -0.3 is 15.2 Å². The predicted octanol–water partition coefficient (Wildman–Crippen LogP) is 2.45. The molecule has 2 rings (SSSR count). The van der Waals surface area contributed by atoms with Crippen molar-refractivity contribution in [2.24, 2.45) is 11.3 Å². The van der Waals surface area contributed by atoms with Crippen molar-refractivity contribution in [3.05, 3.63) is 0 Å². The van der Waals surface area contributed by atoms with Crippen LogP contribution < -0.4 is 5.32 Å². The van der Waals surface area contributed by atoms with E-state index in [1.54, 1.807) is 0 Å². The number of amides is 1. The Balaban J connectivity index is 2.14. The topological polar surface area (TPSA) is 58.6 Å².